The fourth-order valence-electron chi connectivity index (χ4n) is 1.81. The monoisotopic (exact) mass is 260 g/mol. The predicted molar refractivity (Wildman–Crippen MR) is 70.5 cm³/mol. The van der Waals surface area contributed by atoms with Gasteiger partial charge in [0.2, 0.25) is 5.91 Å². The molecule has 0 bridgehead atoms. The number of benzene rings is 1. The molecule has 0 fully saturated rings. The molecule has 0 aliphatic heterocycles. The lowest BCUT2D eigenvalue weighted by molar-refractivity contribution is -0.114. The second kappa shape index (κ2) is 5.48. The Hall–Kier alpha value is -2.43. The summed E-state index contributed by atoms with van der Waals surface area (Å²) < 4.78 is 18.4. The van der Waals surface area contributed by atoms with E-state index in [1.54, 1.807) is 24.5 Å². The van der Waals surface area contributed by atoms with Crippen molar-refractivity contribution in [2.45, 2.75) is 6.92 Å². The lowest BCUT2D eigenvalue weighted by Crippen LogP contribution is -2.07. The van der Waals surface area contributed by atoms with Crippen molar-refractivity contribution in [3.8, 4) is 16.9 Å². The number of ether oxygens (including phenoxy) is 1. The summed E-state index contributed by atoms with van der Waals surface area (Å²) in [5, 5.41) is 2.69. The lowest BCUT2D eigenvalue weighted by atomic mass is 10.0. The van der Waals surface area contributed by atoms with E-state index >= 15 is 0 Å². The van der Waals surface area contributed by atoms with Crippen molar-refractivity contribution in [3.63, 3.8) is 0 Å². The number of anilines is 1. The Morgan fingerprint density at radius 2 is 2.11 bits per heavy atom. The molecule has 0 aliphatic carbocycles. The molecule has 0 unspecified atom stereocenters. The van der Waals surface area contributed by atoms with Gasteiger partial charge in [-0.3, -0.25) is 9.78 Å². The predicted octanol–water partition coefficient (Wildman–Crippen LogP) is 2.85. The molecule has 0 atom stereocenters. The molecule has 1 N–H and O–H groups in total. The summed E-state index contributed by atoms with van der Waals surface area (Å²) in [7, 11) is 1.47. The van der Waals surface area contributed by atoms with Crippen molar-refractivity contribution in [1.29, 1.82) is 0 Å². The van der Waals surface area contributed by atoms with Crippen LogP contribution in [0.25, 0.3) is 11.1 Å². The molecular formula is C14H13FN2O2. The summed E-state index contributed by atoms with van der Waals surface area (Å²) in [5.41, 5.74) is 1.97. The number of halogens is 1. The maximum atomic E-state index is 13.2. The molecule has 0 spiro atoms. The fourth-order valence-corrected chi connectivity index (χ4v) is 1.81. The molecule has 19 heavy (non-hydrogen) atoms. The Labute approximate surface area is 110 Å². The smallest absolute Gasteiger partial charge is 0.221 e. The van der Waals surface area contributed by atoms with Crippen LogP contribution in [0.3, 0.4) is 0 Å². The van der Waals surface area contributed by atoms with Gasteiger partial charge in [-0.1, -0.05) is 0 Å². The molecule has 0 saturated carbocycles. The van der Waals surface area contributed by atoms with Gasteiger partial charge in [0.25, 0.3) is 0 Å². The summed E-state index contributed by atoms with van der Waals surface area (Å²) >= 11 is 0. The maximum absolute atomic E-state index is 13.2. The molecule has 0 saturated heterocycles. The molecule has 5 heteroatoms. The SMILES string of the molecule is COc1cc(F)ccc1-c1ccncc1NC(C)=O. The van der Waals surface area contributed by atoms with Gasteiger partial charge in [-0.2, -0.15) is 0 Å². The Morgan fingerprint density at radius 1 is 1.32 bits per heavy atom. The highest BCUT2D eigenvalue weighted by atomic mass is 19.1. The van der Waals surface area contributed by atoms with Crippen LogP contribution in [0.4, 0.5) is 10.1 Å². The molecule has 1 aromatic heterocycles. The largest absolute Gasteiger partial charge is 0.496 e. The van der Waals surface area contributed by atoms with Crippen LogP contribution in [0, 0.1) is 5.82 Å². The lowest BCUT2D eigenvalue weighted by Gasteiger charge is -2.12. The average Bonchev–Trinajstić information content (AvgIpc) is 2.39. The van der Waals surface area contributed by atoms with E-state index in [1.807, 2.05) is 0 Å². The highest BCUT2D eigenvalue weighted by Crippen LogP contribution is 2.34. The minimum atomic E-state index is -0.379. The van der Waals surface area contributed by atoms with Crippen molar-refractivity contribution < 1.29 is 13.9 Å². The number of hydrogen-bond donors (Lipinski definition) is 1. The molecule has 0 radical (unpaired) electrons. The number of carbonyl (C=O) groups excluding carboxylic acids is 1. The molecule has 2 rings (SSSR count). The van der Waals surface area contributed by atoms with E-state index in [2.05, 4.69) is 10.3 Å². The molecule has 0 aliphatic rings. The highest BCUT2D eigenvalue weighted by Gasteiger charge is 2.12. The van der Waals surface area contributed by atoms with Crippen LogP contribution in [-0.2, 0) is 4.79 Å². The van der Waals surface area contributed by atoms with E-state index in [9.17, 15) is 9.18 Å². The molecule has 98 valence electrons. The van der Waals surface area contributed by atoms with Crippen molar-refractivity contribution >= 4 is 11.6 Å². The van der Waals surface area contributed by atoms with E-state index in [1.165, 1.54) is 26.2 Å². The Morgan fingerprint density at radius 3 is 2.79 bits per heavy atom. The van der Waals surface area contributed by atoms with Gasteiger partial charge in [0, 0.05) is 30.3 Å². The number of nitrogens with zero attached hydrogens (tertiary/aromatic N) is 1. The summed E-state index contributed by atoms with van der Waals surface area (Å²) in [6, 6.07) is 5.99. The Kier molecular flexibility index (Phi) is 3.75. The van der Waals surface area contributed by atoms with E-state index < -0.39 is 0 Å². The van der Waals surface area contributed by atoms with Crippen molar-refractivity contribution in [1.82, 2.24) is 4.98 Å². The summed E-state index contributed by atoms with van der Waals surface area (Å²) in [5.74, 6) is -0.177. The zero-order valence-electron chi connectivity index (χ0n) is 10.6. The van der Waals surface area contributed by atoms with Crippen molar-refractivity contribution in [2.75, 3.05) is 12.4 Å². The third-order valence-electron chi connectivity index (χ3n) is 2.59. The van der Waals surface area contributed by atoms with Crippen LogP contribution in [0.5, 0.6) is 5.75 Å². The number of methoxy groups -OCH3 is 1. The molecule has 4 nitrogen and oxygen atoms in total. The average molecular weight is 260 g/mol. The van der Waals surface area contributed by atoms with E-state index in [0.29, 0.717) is 17.0 Å². The third kappa shape index (κ3) is 2.88. The fraction of sp³-hybridized carbons (Fsp3) is 0.143. The van der Waals surface area contributed by atoms with E-state index in [0.717, 1.165) is 5.56 Å². The quantitative estimate of drug-likeness (QED) is 0.923. The minimum Gasteiger partial charge on any atom is -0.496 e. The van der Waals surface area contributed by atoms with Crippen LogP contribution < -0.4 is 10.1 Å². The maximum Gasteiger partial charge on any atom is 0.221 e. The number of carbonyl (C=O) groups is 1. The first-order chi connectivity index (χ1) is 9.11. The normalized spacial score (nSPS) is 10.1. The molecular weight excluding hydrogens is 247 g/mol. The van der Waals surface area contributed by atoms with Gasteiger partial charge in [0.05, 0.1) is 19.0 Å². The number of amides is 1. The summed E-state index contributed by atoms with van der Waals surface area (Å²) in [4.78, 5) is 15.1. The number of aromatic nitrogens is 1. The van der Waals surface area contributed by atoms with Crippen molar-refractivity contribution in [3.05, 3.63) is 42.5 Å². The molecule has 1 aromatic carbocycles. The Balaban J connectivity index is 2.55. The van der Waals surface area contributed by atoms with Gasteiger partial charge in [-0.05, 0) is 18.2 Å². The number of rotatable bonds is 3. The van der Waals surface area contributed by atoms with Gasteiger partial charge in [0.15, 0.2) is 0 Å². The van der Waals surface area contributed by atoms with E-state index in [4.69, 9.17) is 4.74 Å². The Bertz CT molecular complexity index is 614. The zero-order chi connectivity index (χ0) is 13.8. The van der Waals surface area contributed by atoms with Crippen LogP contribution in [0.2, 0.25) is 0 Å². The third-order valence-corrected chi connectivity index (χ3v) is 2.59. The molecule has 1 heterocycles. The molecule has 1 amide bonds. The van der Waals surface area contributed by atoms with Crippen molar-refractivity contribution in [2.24, 2.45) is 0 Å². The second-order valence-electron chi connectivity index (χ2n) is 3.95. The topological polar surface area (TPSA) is 51.2 Å². The van der Waals surface area contributed by atoms with Crippen LogP contribution in [0.15, 0.2) is 36.7 Å². The first kappa shape index (κ1) is 13.0. The summed E-state index contributed by atoms with van der Waals surface area (Å²) in [6.45, 7) is 1.42. The molecule has 2 aromatic rings. The van der Waals surface area contributed by atoms with Gasteiger partial charge in [-0.25, -0.2) is 4.39 Å². The highest BCUT2D eigenvalue weighted by molar-refractivity contribution is 5.94. The van der Waals surface area contributed by atoms with Gasteiger partial charge in [-0.15, -0.1) is 0 Å². The van der Waals surface area contributed by atoms with Gasteiger partial charge in [0.1, 0.15) is 11.6 Å². The van der Waals surface area contributed by atoms with Gasteiger partial charge >= 0.3 is 0 Å². The zero-order valence-corrected chi connectivity index (χ0v) is 10.6. The second-order valence-corrected chi connectivity index (χ2v) is 3.95. The van der Waals surface area contributed by atoms with Crippen LogP contribution in [-0.4, -0.2) is 18.0 Å². The minimum absolute atomic E-state index is 0.199. The number of pyridine rings is 1. The first-order valence-electron chi connectivity index (χ1n) is 5.67. The standard InChI is InChI=1S/C14H13FN2O2/c1-9(18)17-13-8-16-6-5-11(13)12-4-3-10(15)7-14(12)19-2/h3-8H,1-2H3,(H,17,18). The van der Waals surface area contributed by atoms with Crippen LogP contribution in [0.1, 0.15) is 6.92 Å². The summed E-state index contributed by atoms with van der Waals surface area (Å²) in [6.07, 6.45) is 3.14. The van der Waals surface area contributed by atoms with Crippen LogP contribution >= 0.6 is 0 Å². The number of nitrogens with one attached hydrogen (secondary N) is 1. The first-order valence-corrected chi connectivity index (χ1v) is 5.67. The van der Waals surface area contributed by atoms with E-state index in [-0.39, 0.29) is 11.7 Å². The number of hydrogen-bond acceptors (Lipinski definition) is 3. The van der Waals surface area contributed by atoms with Gasteiger partial charge < -0.3 is 10.1 Å².